The standard InChI is InChI=1S/C25H29N3O3/c1-2-25(19-12-6-3-7-13-19)23(30)27(24(31)26-25)18-22(29)28(20-14-8-4-9-15-20)21-16-10-5-11-17-21/h3-4,6-9,12-15,21H,2,5,10-11,16-18H2,1H3,(H,26,31)/t25-/m0/s1. The third-order valence-electron chi connectivity index (χ3n) is 6.51. The van der Waals surface area contributed by atoms with Crippen LogP contribution in [0.5, 0.6) is 0 Å². The molecule has 1 heterocycles. The van der Waals surface area contributed by atoms with E-state index in [-0.39, 0.29) is 24.4 Å². The summed E-state index contributed by atoms with van der Waals surface area (Å²) >= 11 is 0. The van der Waals surface area contributed by atoms with E-state index in [4.69, 9.17) is 0 Å². The molecule has 4 amide bonds. The smallest absolute Gasteiger partial charge is 0.319 e. The molecule has 0 unspecified atom stereocenters. The van der Waals surface area contributed by atoms with Crippen molar-refractivity contribution in [3.8, 4) is 0 Å². The summed E-state index contributed by atoms with van der Waals surface area (Å²) in [4.78, 5) is 42.6. The van der Waals surface area contributed by atoms with Gasteiger partial charge in [-0.3, -0.25) is 14.5 Å². The first-order chi connectivity index (χ1) is 15.1. The Morgan fingerprint density at radius 1 is 1.00 bits per heavy atom. The van der Waals surface area contributed by atoms with Crippen molar-refractivity contribution in [2.45, 2.75) is 57.0 Å². The fourth-order valence-electron chi connectivity index (χ4n) is 4.83. The largest absolute Gasteiger partial charge is 0.325 e. The van der Waals surface area contributed by atoms with Crippen molar-refractivity contribution >= 4 is 23.5 Å². The lowest BCUT2D eigenvalue weighted by Gasteiger charge is -2.35. The highest BCUT2D eigenvalue weighted by atomic mass is 16.2. The fourth-order valence-corrected chi connectivity index (χ4v) is 4.83. The molecule has 0 bridgehead atoms. The molecule has 0 spiro atoms. The zero-order valence-corrected chi connectivity index (χ0v) is 17.9. The molecule has 4 rings (SSSR count). The quantitative estimate of drug-likeness (QED) is 0.713. The van der Waals surface area contributed by atoms with Gasteiger partial charge in [-0.25, -0.2) is 4.79 Å². The molecule has 0 aromatic heterocycles. The maximum absolute atomic E-state index is 13.5. The van der Waals surface area contributed by atoms with E-state index in [0.29, 0.717) is 6.42 Å². The molecule has 2 fully saturated rings. The van der Waals surface area contributed by atoms with Crippen molar-refractivity contribution in [1.82, 2.24) is 10.2 Å². The Hall–Kier alpha value is -3.15. The summed E-state index contributed by atoms with van der Waals surface area (Å²) in [5.74, 6) is -0.585. The number of urea groups is 1. The maximum Gasteiger partial charge on any atom is 0.325 e. The molecule has 1 N–H and O–H groups in total. The highest BCUT2D eigenvalue weighted by molar-refractivity contribution is 6.10. The topological polar surface area (TPSA) is 69.7 Å². The van der Waals surface area contributed by atoms with Gasteiger partial charge in [0.25, 0.3) is 5.91 Å². The summed E-state index contributed by atoms with van der Waals surface area (Å²) in [6.45, 7) is 1.61. The van der Waals surface area contributed by atoms with Gasteiger partial charge < -0.3 is 10.2 Å². The van der Waals surface area contributed by atoms with E-state index in [0.717, 1.165) is 41.8 Å². The van der Waals surface area contributed by atoms with Gasteiger partial charge in [0, 0.05) is 11.7 Å². The molecular weight excluding hydrogens is 390 g/mol. The van der Waals surface area contributed by atoms with E-state index < -0.39 is 11.6 Å². The van der Waals surface area contributed by atoms with Gasteiger partial charge >= 0.3 is 6.03 Å². The van der Waals surface area contributed by atoms with E-state index >= 15 is 0 Å². The normalized spacial score (nSPS) is 21.8. The minimum Gasteiger partial charge on any atom is -0.319 e. The van der Waals surface area contributed by atoms with Gasteiger partial charge in [0.1, 0.15) is 12.1 Å². The van der Waals surface area contributed by atoms with Gasteiger partial charge in [0.15, 0.2) is 0 Å². The zero-order valence-electron chi connectivity index (χ0n) is 17.9. The Morgan fingerprint density at radius 2 is 1.61 bits per heavy atom. The van der Waals surface area contributed by atoms with Crippen LogP contribution < -0.4 is 10.2 Å². The van der Waals surface area contributed by atoms with Crippen LogP contribution in [-0.2, 0) is 15.1 Å². The monoisotopic (exact) mass is 419 g/mol. The lowest BCUT2D eigenvalue weighted by Crippen LogP contribution is -2.49. The molecule has 1 aliphatic heterocycles. The number of hydrogen-bond acceptors (Lipinski definition) is 3. The van der Waals surface area contributed by atoms with Crippen molar-refractivity contribution in [2.75, 3.05) is 11.4 Å². The average molecular weight is 420 g/mol. The van der Waals surface area contributed by atoms with Crippen molar-refractivity contribution in [3.63, 3.8) is 0 Å². The number of nitrogens with zero attached hydrogens (tertiary/aromatic N) is 2. The number of nitrogens with one attached hydrogen (secondary N) is 1. The van der Waals surface area contributed by atoms with Crippen LogP contribution in [0.15, 0.2) is 60.7 Å². The van der Waals surface area contributed by atoms with Crippen LogP contribution in [0.25, 0.3) is 0 Å². The Kier molecular flexibility index (Phi) is 6.07. The van der Waals surface area contributed by atoms with Crippen molar-refractivity contribution < 1.29 is 14.4 Å². The molecule has 162 valence electrons. The molecule has 1 atom stereocenters. The number of para-hydroxylation sites is 1. The molecule has 2 aliphatic rings. The number of carbonyl (C=O) groups is 3. The summed E-state index contributed by atoms with van der Waals surface area (Å²) in [6.07, 6.45) is 5.62. The van der Waals surface area contributed by atoms with Crippen LogP contribution in [-0.4, -0.2) is 35.3 Å². The molecular formula is C25H29N3O3. The van der Waals surface area contributed by atoms with Gasteiger partial charge in [-0.05, 0) is 37.0 Å². The summed E-state index contributed by atoms with van der Waals surface area (Å²) in [5, 5.41) is 2.86. The van der Waals surface area contributed by atoms with Gasteiger partial charge in [-0.15, -0.1) is 0 Å². The van der Waals surface area contributed by atoms with Gasteiger partial charge in [-0.2, -0.15) is 0 Å². The Bertz CT molecular complexity index is 941. The lowest BCUT2D eigenvalue weighted by molar-refractivity contribution is -0.134. The van der Waals surface area contributed by atoms with Crippen LogP contribution in [0.1, 0.15) is 51.0 Å². The maximum atomic E-state index is 13.5. The molecule has 6 heteroatoms. The molecule has 2 aromatic rings. The minimum absolute atomic E-state index is 0.0921. The van der Waals surface area contributed by atoms with Crippen molar-refractivity contribution in [3.05, 3.63) is 66.2 Å². The lowest BCUT2D eigenvalue weighted by atomic mass is 9.87. The molecule has 1 saturated carbocycles. The second-order valence-electron chi connectivity index (χ2n) is 8.34. The number of hydrogen-bond donors (Lipinski definition) is 1. The molecule has 1 saturated heterocycles. The number of anilines is 1. The van der Waals surface area contributed by atoms with Crippen LogP contribution in [0, 0.1) is 0 Å². The predicted octanol–water partition coefficient (Wildman–Crippen LogP) is 4.21. The van der Waals surface area contributed by atoms with Crippen LogP contribution in [0.3, 0.4) is 0 Å². The van der Waals surface area contributed by atoms with Gasteiger partial charge in [0.2, 0.25) is 5.91 Å². The first-order valence-corrected chi connectivity index (χ1v) is 11.1. The minimum atomic E-state index is -1.12. The van der Waals surface area contributed by atoms with E-state index in [1.165, 1.54) is 6.42 Å². The molecule has 6 nitrogen and oxygen atoms in total. The van der Waals surface area contributed by atoms with Crippen molar-refractivity contribution in [2.24, 2.45) is 0 Å². The highest BCUT2D eigenvalue weighted by Gasteiger charge is 2.52. The SMILES string of the molecule is CC[C@@]1(c2ccccc2)NC(=O)N(CC(=O)N(c2ccccc2)C2CCCCC2)C1=O. The summed E-state index contributed by atoms with van der Waals surface area (Å²) in [6, 6.07) is 18.4. The van der Waals surface area contributed by atoms with Crippen molar-refractivity contribution in [1.29, 1.82) is 0 Å². The number of rotatable bonds is 6. The van der Waals surface area contributed by atoms with E-state index in [2.05, 4.69) is 5.32 Å². The second kappa shape index (κ2) is 8.92. The number of imide groups is 1. The fraction of sp³-hybridized carbons (Fsp3) is 0.400. The molecule has 2 aromatic carbocycles. The summed E-state index contributed by atoms with van der Waals surface area (Å²) in [5.41, 5.74) is 0.426. The summed E-state index contributed by atoms with van der Waals surface area (Å²) in [7, 11) is 0. The third-order valence-corrected chi connectivity index (χ3v) is 6.51. The molecule has 31 heavy (non-hydrogen) atoms. The zero-order chi connectivity index (χ0) is 21.8. The van der Waals surface area contributed by atoms with Gasteiger partial charge in [-0.1, -0.05) is 74.7 Å². The Balaban J connectivity index is 1.60. The van der Waals surface area contributed by atoms with E-state index in [1.54, 1.807) is 4.90 Å². The predicted molar refractivity (Wildman–Crippen MR) is 119 cm³/mol. The summed E-state index contributed by atoms with van der Waals surface area (Å²) < 4.78 is 0. The van der Waals surface area contributed by atoms with Gasteiger partial charge in [0.05, 0.1) is 0 Å². The Labute approximate surface area is 183 Å². The average Bonchev–Trinajstić information content (AvgIpc) is 3.06. The van der Waals surface area contributed by atoms with Crippen LogP contribution in [0.2, 0.25) is 0 Å². The molecule has 0 radical (unpaired) electrons. The van der Waals surface area contributed by atoms with E-state index in [9.17, 15) is 14.4 Å². The van der Waals surface area contributed by atoms with Crippen LogP contribution in [0.4, 0.5) is 10.5 Å². The third kappa shape index (κ3) is 3.94. The number of benzene rings is 2. The van der Waals surface area contributed by atoms with E-state index in [1.807, 2.05) is 67.6 Å². The first-order valence-electron chi connectivity index (χ1n) is 11.1. The van der Waals surface area contributed by atoms with Crippen LogP contribution >= 0.6 is 0 Å². The number of carbonyl (C=O) groups excluding carboxylic acids is 3. The highest BCUT2D eigenvalue weighted by Crippen LogP contribution is 2.33. The first kappa shape index (κ1) is 21.1. The second-order valence-corrected chi connectivity index (χ2v) is 8.34. The Morgan fingerprint density at radius 3 is 2.23 bits per heavy atom. The molecule has 1 aliphatic carbocycles. The number of amides is 4.